The Kier molecular flexibility index (Phi) is 2.23. The van der Waals surface area contributed by atoms with E-state index < -0.39 is 0 Å². The van der Waals surface area contributed by atoms with Gasteiger partial charge in [0.25, 0.3) is 5.89 Å². The highest BCUT2D eigenvalue weighted by atomic mass is 16.5. The topological polar surface area (TPSA) is 51.0 Å². The van der Waals surface area contributed by atoms with Gasteiger partial charge < -0.3 is 9.84 Å². The highest BCUT2D eigenvalue weighted by Gasteiger charge is 2.80. The molecule has 1 aromatic carbocycles. The van der Waals surface area contributed by atoms with Crippen LogP contribution in [0.1, 0.15) is 37.9 Å². The van der Waals surface area contributed by atoms with Crippen LogP contribution in [-0.4, -0.2) is 15.7 Å². The van der Waals surface area contributed by atoms with Crippen molar-refractivity contribution in [2.75, 3.05) is 0 Å². The van der Waals surface area contributed by atoms with Crippen molar-refractivity contribution < 1.29 is 4.52 Å². The molecule has 1 spiro atoms. The second-order valence-corrected chi connectivity index (χ2v) is 8.20. The van der Waals surface area contributed by atoms with Gasteiger partial charge in [-0.1, -0.05) is 23.4 Å². The number of nitrogens with one attached hydrogen (secondary N) is 1. The lowest BCUT2D eigenvalue weighted by Crippen LogP contribution is -2.75. The summed E-state index contributed by atoms with van der Waals surface area (Å²) < 4.78 is 5.43. The van der Waals surface area contributed by atoms with Gasteiger partial charge in [-0.05, 0) is 67.4 Å². The molecule has 0 amide bonds. The standard InChI is InChI=1S/C19H21N3O/c1-2-4-13(5-3-1)17-21-16(22-23-17)11-20-18-8-12-6-14-7-15(10-18)19(14,18)9-12/h1-5,12,14-15,20H,6-11H2. The minimum Gasteiger partial charge on any atom is -0.334 e. The molecule has 5 unspecified atom stereocenters. The van der Waals surface area contributed by atoms with E-state index in [1.165, 1.54) is 32.1 Å². The number of benzene rings is 1. The number of nitrogens with zero attached hydrogens (tertiary/aromatic N) is 2. The lowest BCUT2D eigenvalue weighted by atomic mass is 9.35. The van der Waals surface area contributed by atoms with Crippen LogP contribution in [0.2, 0.25) is 0 Å². The van der Waals surface area contributed by atoms with Gasteiger partial charge in [0.1, 0.15) is 0 Å². The van der Waals surface area contributed by atoms with Gasteiger partial charge in [-0.25, -0.2) is 0 Å². The first-order valence-electron chi connectivity index (χ1n) is 8.92. The van der Waals surface area contributed by atoms with E-state index >= 15 is 0 Å². The van der Waals surface area contributed by atoms with E-state index in [0.29, 0.717) is 16.8 Å². The Morgan fingerprint density at radius 1 is 1.09 bits per heavy atom. The molecular weight excluding hydrogens is 286 g/mol. The van der Waals surface area contributed by atoms with E-state index in [0.717, 1.165) is 35.7 Å². The molecule has 118 valence electrons. The SMILES string of the molecule is c1ccc(-c2nc(CNC34CC5CC6CC(C3)C64C5)no2)cc1. The van der Waals surface area contributed by atoms with Gasteiger partial charge in [0.2, 0.25) is 0 Å². The predicted octanol–water partition coefficient (Wildman–Crippen LogP) is 3.40. The van der Waals surface area contributed by atoms with Crippen LogP contribution in [0.4, 0.5) is 0 Å². The van der Waals surface area contributed by atoms with Crippen molar-refractivity contribution >= 4 is 0 Å². The van der Waals surface area contributed by atoms with Gasteiger partial charge in [-0.3, -0.25) is 0 Å². The molecule has 23 heavy (non-hydrogen) atoms. The number of rotatable bonds is 4. The van der Waals surface area contributed by atoms with Gasteiger partial charge in [-0.2, -0.15) is 4.98 Å². The van der Waals surface area contributed by atoms with Crippen molar-refractivity contribution in [2.45, 2.75) is 44.2 Å². The van der Waals surface area contributed by atoms with Gasteiger partial charge in [0.05, 0.1) is 6.54 Å². The summed E-state index contributed by atoms with van der Waals surface area (Å²) in [4.78, 5) is 4.57. The smallest absolute Gasteiger partial charge is 0.257 e. The summed E-state index contributed by atoms with van der Waals surface area (Å²) in [7, 11) is 0. The van der Waals surface area contributed by atoms with Gasteiger partial charge in [-0.15, -0.1) is 0 Å². The summed E-state index contributed by atoms with van der Waals surface area (Å²) in [6.07, 6.45) is 7.24. The Bertz CT molecular complexity index is 772. The largest absolute Gasteiger partial charge is 0.334 e. The van der Waals surface area contributed by atoms with E-state index in [4.69, 9.17) is 4.52 Å². The maximum atomic E-state index is 5.43. The Balaban J connectivity index is 1.21. The molecular formula is C19H21N3O. The Morgan fingerprint density at radius 3 is 2.83 bits per heavy atom. The van der Waals surface area contributed by atoms with Crippen molar-refractivity contribution in [3.63, 3.8) is 0 Å². The van der Waals surface area contributed by atoms with E-state index in [1.54, 1.807) is 0 Å². The van der Waals surface area contributed by atoms with Crippen LogP contribution in [0.5, 0.6) is 0 Å². The molecule has 4 fully saturated rings. The van der Waals surface area contributed by atoms with Crippen LogP contribution in [0.25, 0.3) is 11.5 Å². The van der Waals surface area contributed by atoms with E-state index in [9.17, 15) is 0 Å². The highest BCUT2D eigenvalue weighted by molar-refractivity contribution is 5.52. The zero-order valence-electron chi connectivity index (χ0n) is 13.2. The first-order chi connectivity index (χ1) is 11.3. The van der Waals surface area contributed by atoms with E-state index in [1.807, 2.05) is 30.3 Å². The fourth-order valence-corrected chi connectivity index (χ4v) is 6.76. The highest BCUT2D eigenvalue weighted by Crippen LogP contribution is 2.82. The molecule has 0 saturated heterocycles. The average molecular weight is 307 g/mol. The second-order valence-electron chi connectivity index (χ2n) is 8.20. The summed E-state index contributed by atoms with van der Waals surface area (Å²) in [5.41, 5.74) is 2.05. The third-order valence-electron chi connectivity index (χ3n) is 7.47. The molecule has 4 nitrogen and oxygen atoms in total. The predicted molar refractivity (Wildman–Crippen MR) is 85.3 cm³/mol. The Labute approximate surface area is 135 Å². The van der Waals surface area contributed by atoms with Crippen LogP contribution in [0.15, 0.2) is 34.9 Å². The van der Waals surface area contributed by atoms with Gasteiger partial charge >= 0.3 is 0 Å². The summed E-state index contributed by atoms with van der Waals surface area (Å²) >= 11 is 0. The van der Waals surface area contributed by atoms with Crippen LogP contribution >= 0.6 is 0 Å². The van der Waals surface area contributed by atoms with Crippen LogP contribution in [0.3, 0.4) is 0 Å². The quantitative estimate of drug-likeness (QED) is 0.940. The number of hydrogen-bond acceptors (Lipinski definition) is 4. The average Bonchev–Trinajstić information content (AvgIpc) is 3.22. The van der Waals surface area contributed by atoms with Gasteiger partial charge in [0.15, 0.2) is 5.82 Å². The Hall–Kier alpha value is -1.68. The third-order valence-corrected chi connectivity index (χ3v) is 7.47. The zero-order chi connectivity index (χ0) is 15.1. The van der Waals surface area contributed by atoms with Gasteiger partial charge in [0, 0.05) is 11.1 Å². The molecule has 4 heteroatoms. The monoisotopic (exact) mass is 307 g/mol. The summed E-state index contributed by atoms with van der Waals surface area (Å²) in [6.45, 7) is 0.740. The van der Waals surface area contributed by atoms with E-state index in [2.05, 4.69) is 15.5 Å². The fourth-order valence-electron chi connectivity index (χ4n) is 6.76. The second kappa shape index (κ2) is 4.04. The van der Waals surface area contributed by atoms with Crippen molar-refractivity contribution in [3.05, 3.63) is 36.2 Å². The van der Waals surface area contributed by atoms with E-state index in [-0.39, 0.29) is 0 Å². The fraction of sp³-hybridized carbons (Fsp3) is 0.579. The van der Waals surface area contributed by atoms with Crippen molar-refractivity contribution in [1.29, 1.82) is 0 Å². The first kappa shape index (κ1) is 12.7. The summed E-state index contributed by atoms with van der Waals surface area (Å²) in [5, 5.41) is 8.05. The molecule has 2 aromatic rings. The van der Waals surface area contributed by atoms with Crippen molar-refractivity contribution in [3.8, 4) is 11.5 Å². The van der Waals surface area contributed by atoms with Crippen molar-refractivity contribution in [1.82, 2.24) is 15.5 Å². The molecule has 2 bridgehead atoms. The molecule has 5 atom stereocenters. The lowest BCUT2D eigenvalue weighted by Gasteiger charge is -2.73. The molecule has 0 radical (unpaired) electrons. The molecule has 4 aliphatic rings. The minimum atomic E-state index is 0.400. The molecule has 1 N–H and O–H groups in total. The molecule has 0 aliphatic heterocycles. The lowest BCUT2D eigenvalue weighted by molar-refractivity contribution is -0.207. The molecule has 4 aliphatic carbocycles. The first-order valence-corrected chi connectivity index (χ1v) is 8.92. The van der Waals surface area contributed by atoms with Crippen LogP contribution in [-0.2, 0) is 6.54 Å². The number of hydrogen-bond donors (Lipinski definition) is 1. The zero-order valence-corrected chi connectivity index (χ0v) is 13.2. The minimum absolute atomic E-state index is 0.400. The maximum absolute atomic E-state index is 5.43. The maximum Gasteiger partial charge on any atom is 0.257 e. The van der Waals surface area contributed by atoms with Crippen LogP contribution in [0, 0.1) is 23.2 Å². The molecule has 6 rings (SSSR count). The summed E-state index contributed by atoms with van der Waals surface area (Å²) in [6, 6.07) is 10.0. The summed E-state index contributed by atoms with van der Waals surface area (Å²) in [5.74, 6) is 4.41. The van der Waals surface area contributed by atoms with Crippen LogP contribution < -0.4 is 5.32 Å². The third kappa shape index (κ3) is 1.42. The molecule has 1 heterocycles. The number of fused-ring (bicyclic) bond motifs is 1. The Morgan fingerprint density at radius 2 is 2.00 bits per heavy atom. The normalized spacial score (nSPS) is 42.2. The van der Waals surface area contributed by atoms with Crippen molar-refractivity contribution in [2.24, 2.45) is 23.2 Å². The molecule has 4 saturated carbocycles. The molecule has 1 aromatic heterocycles. The number of aromatic nitrogens is 2.